The number of aliphatic hydroxyl groups excluding tert-OH is 2. The molecule has 6 N–H and O–H groups in total. The molecule has 12 nitrogen and oxygen atoms in total. The van der Waals surface area contributed by atoms with Crippen molar-refractivity contribution in [1.82, 2.24) is 14.9 Å². The van der Waals surface area contributed by atoms with E-state index in [4.69, 9.17) is 10.5 Å². The average Bonchev–Trinajstić information content (AvgIpc) is 2.86. The van der Waals surface area contributed by atoms with E-state index in [2.05, 4.69) is 9.97 Å². The van der Waals surface area contributed by atoms with Gasteiger partial charge in [-0.25, -0.2) is 9.97 Å². The lowest BCUT2D eigenvalue weighted by Gasteiger charge is -2.50. The van der Waals surface area contributed by atoms with Crippen LogP contribution >= 0.6 is 0 Å². The Hall–Kier alpha value is -4.29. The number of primary amides is 1. The first-order valence-corrected chi connectivity index (χ1v) is 11.8. The molecule has 38 heavy (non-hydrogen) atoms. The van der Waals surface area contributed by atoms with E-state index in [1.54, 1.807) is 20.2 Å². The Kier molecular flexibility index (Phi) is 5.76. The molecule has 1 saturated carbocycles. The molecule has 1 fully saturated rings. The summed E-state index contributed by atoms with van der Waals surface area (Å²) in [5, 5.41) is 44.6. The number of benzene rings is 1. The van der Waals surface area contributed by atoms with Crippen molar-refractivity contribution in [3.8, 4) is 22.9 Å². The largest absolute Gasteiger partial charge is 0.508 e. The van der Waals surface area contributed by atoms with E-state index in [1.807, 2.05) is 0 Å². The van der Waals surface area contributed by atoms with Gasteiger partial charge in [0.1, 0.15) is 22.8 Å². The molecule has 1 heterocycles. The van der Waals surface area contributed by atoms with Gasteiger partial charge in [0.15, 0.2) is 11.4 Å². The minimum atomic E-state index is -2.68. The van der Waals surface area contributed by atoms with Gasteiger partial charge in [0.25, 0.3) is 5.91 Å². The number of rotatable bonds is 4. The number of methoxy groups -OCH3 is 1. The smallest absolute Gasteiger partial charge is 0.316 e. The Morgan fingerprint density at radius 3 is 2.39 bits per heavy atom. The Bertz CT molecular complexity index is 1460. The summed E-state index contributed by atoms with van der Waals surface area (Å²) >= 11 is 0. The second-order valence-corrected chi connectivity index (χ2v) is 9.91. The van der Waals surface area contributed by atoms with Crippen LogP contribution in [0.3, 0.4) is 0 Å². The van der Waals surface area contributed by atoms with Crippen molar-refractivity contribution in [3.05, 3.63) is 52.6 Å². The van der Waals surface area contributed by atoms with Crippen molar-refractivity contribution in [2.75, 3.05) is 21.2 Å². The number of aliphatic hydroxyl groups is 3. The van der Waals surface area contributed by atoms with Crippen LogP contribution in [0.1, 0.15) is 17.5 Å². The summed E-state index contributed by atoms with van der Waals surface area (Å²) in [4.78, 5) is 48.8. The number of likely N-dealkylation sites (N-methyl/N-ethyl adjacent to an activating group) is 1. The number of hydrogen-bond acceptors (Lipinski definition) is 11. The van der Waals surface area contributed by atoms with E-state index in [0.29, 0.717) is 16.7 Å². The number of phenolic OH excluding ortho intramolecular Hbond substituents is 1. The van der Waals surface area contributed by atoms with Crippen LogP contribution in [-0.4, -0.2) is 85.6 Å². The van der Waals surface area contributed by atoms with Gasteiger partial charge in [0, 0.05) is 29.4 Å². The third-order valence-corrected chi connectivity index (χ3v) is 7.73. The van der Waals surface area contributed by atoms with Crippen molar-refractivity contribution >= 4 is 23.2 Å². The van der Waals surface area contributed by atoms with E-state index >= 15 is 0 Å². The van der Waals surface area contributed by atoms with Crippen LogP contribution < -0.4 is 10.5 Å². The lowest BCUT2D eigenvalue weighted by atomic mass is 9.57. The predicted molar refractivity (Wildman–Crippen MR) is 132 cm³/mol. The van der Waals surface area contributed by atoms with Gasteiger partial charge in [-0.15, -0.1) is 0 Å². The second kappa shape index (κ2) is 8.64. The maximum Gasteiger partial charge on any atom is 0.316 e. The number of carbonyl (C=O) groups excluding carboxylic acids is 3. The Labute approximate surface area is 216 Å². The highest BCUT2D eigenvalue weighted by atomic mass is 16.5. The van der Waals surface area contributed by atoms with Crippen molar-refractivity contribution in [2.45, 2.75) is 24.5 Å². The first-order chi connectivity index (χ1) is 17.9. The number of hydrogen-bond donors (Lipinski definition) is 5. The molecule has 12 heteroatoms. The van der Waals surface area contributed by atoms with E-state index in [1.165, 1.54) is 30.5 Å². The first-order valence-electron chi connectivity index (χ1n) is 11.8. The number of nitrogens with zero attached hydrogens (tertiary/aromatic N) is 3. The Morgan fingerprint density at radius 1 is 1.16 bits per heavy atom. The monoisotopic (exact) mass is 522 g/mol. The molecule has 0 saturated heterocycles. The lowest BCUT2D eigenvalue weighted by Crippen LogP contribution is -2.65. The van der Waals surface area contributed by atoms with Gasteiger partial charge < -0.3 is 30.9 Å². The van der Waals surface area contributed by atoms with Crippen molar-refractivity contribution in [3.63, 3.8) is 0 Å². The van der Waals surface area contributed by atoms with Crippen LogP contribution in [0.15, 0.2) is 41.4 Å². The number of amides is 1. The fourth-order valence-electron chi connectivity index (χ4n) is 6.08. The standard InChI is InChI=1S/C26H26N4O8/c1-30(2)19-14-7-10-6-13-12(11-8-28-25(38-3)29-9-11)4-5-15(31)17(13)20(32)16(10)22(34)26(14,37)23(35)18(21(19)33)24(27)36/h4-5,8-10,14,19,31-32,35,37H,6-7H2,1-3H3,(H2,27,36)/t10-,14-,19-,26-/m0/s1. The third-order valence-electron chi connectivity index (χ3n) is 7.73. The number of ether oxygens (including phenoxy) is 1. The predicted octanol–water partition coefficient (Wildman–Crippen LogP) is 0.430. The van der Waals surface area contributed by atoms with Gasteiger partial charge in [-0.1, -0.05) is 6.07 Å². The summed E-state index contributed by atoms with van der Waals surface area (Å²) in [6.45, 7) is 0. The number of ketones is 2. The molecule has 5 rings (SSSR count). The summed E-state index contributed by atoms with van der Waals surface area (Å²) in [6.07, 6.45) is 3.20. The number of carbonyl (C=O) groups is 3. The molecule has 1 aromatic carbocycles. The zero-order valence-electron chi connectivity index (χ0n) is 20.8. The molecule has 3 aliphatic rings. The molecule has 3 aliphatic carbocycles. The summed E-state index contributed by atoms with van der Waals surface area (Å²) in [5.74, 6) is -6.95. The molecule has 198 valence electrons. The summed E-state index contributed by atoms with van der Waals surface area (Å²) in [6, 6.07) is 2.00. The van der Waals surface area contributed by atoms with Crippen LogP contribution in [0.25, 0.3) is 16.9 Å². The molecule has 0 aliphatic heterocycles. The van der Waals surface area contributed by atoms with Gasteiger partial charge in [-0.3, -0.25) is 19.3 Å². The van der Waals surface area contributed by atoms with E-state index in [0.717, 1.165) is 0 Å². The third kappa shape index (κ3) is 3.33. The van der Waals surface area contributed by atoms with Gasteiger partial charge >= 0.3 is 6.01 Å². The highest BCUT2D eigenvalue weighted by molar-refractivity contribution is 6.24. The zero-order valence-corrected chi connectivity index (χ0v) is 20.8. The van der Waals surface area contributed by atoms with Crippen molar-refractivity contribution in [2.24, 2.45) is 17.6 Å². The molecule has 0 unspecified atom stereocenters. The van der Waals surface area contributed by atoms with Crippen LogP contribution in [0, 0.1) is 11.8 Å². The molecular weight excluding hydrogens is 496 g/mol. The average molecular weight is 523 g/mol. The topological polar surface area (TPSA) is 196 Å². The van der Waals surface area contributed by atoms with Gasteiger partial charge in [-0.2, -0.15) is 0 Å². The Balaban J connectivity index is 1.72. The normalized spacial score (nSPS) is 26.7. The first kappa shape index (κ1) is 25.4. The quantitative estimate of drug-likeness (QED) is 0.349. The van der Waals surface area contributed by atoms with E-state index in [-0.39, 0.29) is 35.7 Å². The number of Topliss-reactive ketones (excluding diaryl/α,β-unsaturated/α-hetero) is 2. The minimum absolute atomic E-state index is 0.0000291. The van der Waals surface area contributed by atoms with Gasteiger partial charge in [-0.05, 0) is 50.0 Å². The van der Waals surface area contributed by atoms with Crippen molar-refractivity contribution in [1.29, 1.82) is 0 Å². The van der Waals surface area contributed by atoms with Crippen molar-refractivity contribution < 1.29 is 39.5 Å². The maximum atomic E-state index is 13.9. The number of aromatic hydroxyl groups is 1. The number of phenols is 1. The van der Waals surface area contributed by atoms with Gasteiger partial charge in [0.2, 0.25) is 5.78 Å². The molecular formula is C26H26N4O8. The molecule has 1 amide bonds. The SMILES string of the molecule is COc1ncc(-c2ccc(O)c3c2C[C@H]2C[C@H]4[C@H](N(C)C)C(=O)C(C(N)=O)=C(O)[C@@]4(O)C(=O)C2=C3O)cn1. The number of aromatic nitrogens is 2. The minimum Gasteiger partial charge on any atom is -0.508 e. The zero-order chi connectivity index (χ0) is 27.7. The van der Waals surface area contributed by atoms with Crippen LogP contribution in [-0.2, 0) is 20.8 Å². The summed E-state index contributed by atoms with van der Waals surface area (Å²) < 4.78 is 5.01. The molecule has 1 aromatic heterocycles. The number of nitrogens with two attached hydrogens (primary N) is 1. The highest BCUT2D eigenvalue weighted by Gasteiger charge is 2.64. The lowest BCUT2D eigenvalue weighted by molar-refractivity contribution is -0.153. The van der Waals surface area contributed by atoms with Crippen LogP contribution in [0.2, 0.25) is 0 Å². The second-order valence-electron chi connectivity index (χ2n) is 9.91. The molecule has 0 radical (unpaired) electrons. The molecule has 0 spiro atoms. The van der Waals surface area contributed by atoms with E-state index in [9.17, 15) is 34.8 Å². The fourth-order valence-corrected chi connectivity index (χ4v) is 6.08. The van der Waals surface area contributed by atoms with Crippen LogP contribution in [0.5, 0.6) is 11.8 Å². The molecule has 2 aromatic rings. The maximum absolute atomic E-state index is 13.9. The molecule has 0 bridgehead atoms. The van der Waals surface area contributed by atoms with E-state index < -0.39 is 58.0 Å². The highest BCUT2D eigenvalue weighted by Crippen LogP contribution is 2.53. The fraction of sp³-hybridized carbons (Fsp3) is 0.346. The summed E-state index contributed by atoms with van der Waals surface area (Å²) in [7, 11) is 4.53. The Morgan fingerprint density at radius 2 is 1.82 bits per heavy atom. The molecule has 4 atom stereocenters. The van der Waals surface area contributed by atoms with Crippen LogP contribution in [0.4, 0.5) is 0 Å². The summed E-state index contributed by atoms with van der Waals surface area (Å²) in [5.41, 5.74) is 3.28. The number of fused-ring (bicyclic) bond motifs is 3. The van der Waals surface area contributed by atoms with Gasteiger partial charge in [0.05, 0.1) is 18.7 Å².